The van der Waals surface area contributed by atoms with Gasteiger partial charge in [-0.05, 0) is 17.7 Å². The molecule has 1 heterocycles. The molecule has 94 valence electrons. The fraction of sp³-hybridized carbons (Fsp3) is 0.385. The number of nitriles is 1. The highest BCUT2D eigenvalue weighted by atomic mass is 16.1. The van der Waals surface area contributed by atoms with Crippen molar-refractivity contribution in [3.05, 3.63) is 35.4 Å². The first-order chi connectivity index (χ1) is 8.70. The van der Waals surface area contributed by atoms with Crippen LogP contribution in [0.1, 0.15) is 11.1 Å². The number of benzene rings is 1. The third kappa shape index (κ3) is 2.86. The van der Waals surface area contributed by atoms with E-state index in [1.54, 1.807) is 6.07 Å². The average Bonchev–Trinajstić information content (AvgIpc) is 2.39. The third-order valence-corrected chi connectivity index (χ3v) is 3.12. The molecule has 3 N–H and O–H groups in total. The van der Waals surface area contributed by atoms with E-state index in [1.165, 1.54) is 0 Å². The summed E-state index contributed by atoms with van der Waals surface area (Å²) in [5.41, 5.74) is 7.06. The number of rotatable bonds is 3. The summed E-state index contributed by atoms with van der Waals surface area (Å²) in [5, 5.41) is 12.0. The number of nitrogens with one attached hydrogen (secondary N) is 1. The molecule has 0 aromatic heterocycles. The van der Waals surface area contributed by atoms with Crippen LogP contribution in [0, 0.1) is 11.3 Å². The van der Waals surface area contributed by atoms with Crippen LogP contribution in [-0.4, -0.2) is 36.5 Å². The standard InChI is InChI=1S/C13H16N4O/c14-7-10-2-1-3-11(6-10)9-17-5-4-16-8-12(17)13(15)18/h1-3,6,12,16H,4-5,8-9H2,(H2,15,18). The Bertz CT molecular complexity index is 480. The fourth-order valence-electron chi connectivity index (χ4n) is 2.19. The normalized spacial score (nSPS) is 20.3. The molecular formula is C13H16N4O. The quantitative estimate of drug-likeness (QED) is 0.772. The minimum Gasteiger partial charge on any atom is -0.368 e. The summed E-state index contributed by atoms with van der Waals surface area (Å²) in [5.74, 6) is -0.307. The van der Waals surface area contributed by atoms with Gasteiger partial charge >= 0.3 is 0 Å². The predicted molar refractivity (Wildman–Crippen MR) is 67.4 cm³/mol. The van der Waals surface area contributed by atoms with E-state index < -0.39 is 0 Å². The zero-order valence-electron chi connectivity index (χ0n) is 10.1. The number of nitrogens with two attached hydrogens (primary N) is 1. The Morgan fingerprint density at radius 3 is 3.17 bits per heavy atom. The molecule has 5 nitrogen and oxygen atoms in total. The molecule has 1 saturated heterocycles. The lowest BCUT2D eigenvalue weighted by Crippen LogP contribution is -2.56. The summed E-state index contributed by atoms with van der Waals surface area (Å²) in [4.78, 5) is 13.4. The van der Waals surface area contributed by atoms with E-state index in [1.807, 2.05) is 18.2 Å². The maximum atomic E-state index is 11.4. The molecule has 1 amide bonds. The van der Waals surface area contributed by atoms with Gasteiger partial charge in [-0.1, -0.05) is 12.1 Å². The summed E-state index contributed by atoms with van der Waals surface area (Å²) < 4.78 is 0. The van der Waals surface area contributed by atoms with E-state index in [9.17, 15) is 4.79 Å². The van der Waals surface area contributed by atoms with E-state index in [0.29, 0.717) is 18.7 Å². The molecule has 18 heavy (non-hydrogen) atoms. The van der Waals surface area contributed by atoms with Crippen LogP contribution >= 0.6 is 0 Å². The van der Waals surface area contributed by atoms with E-state index in [0.717, 1.165) is 18.7 Å². The Morgan fingerprint density at radius 2 is 2.44 bits per heavy atom. The Hall–Kier alpha value is -1.90. The number of nitrogens with zero attached hydrogens (tertiary/aromatic N) is 2. The molecule has 2 rings (SSSR count). The van der Waals surface area contributed by atoms with Crippen LogP contribution in [0.2, 0.25) is 0 Å². The molecule has 1 aliphatic heterocycles. The minimum atomic E-state index is -0.307. The van der Waals surface area contributed by atoms with Crippen molar-refractivity contribution in [2.45, 2.75) is 12.6 Å². The molecule has 0 spiro atoms. The second-order valence-electron chi connectivity index (χ2n) is 4.40. The number of hydrogen-bond donors (Lipinski definition) is 2. The monoisotopic (exact) mass is 244 g/mol. The molecule has 1 unspecified atom stereocenters. The van der Waals surface area contributed by atoms with Crippen LogP contribution in [0.25, 0.3) is 0 Å². The Morgan fingerprint density at radius 1 is 1.61 bits per heavy atom. The molecule has 0 bridgehead atoms. The largest absolute Gasteiger partial charge is 0.368 e. The summed E-state index contributed by atoms with van der Waals surface area (Å²) >= 11 is 0. The fourth-order valence-corrected chi connectivity index (χ4v) is 2.19. The van der Waals surface area contributed by atoms with E-state index in [2.05, 4.69) is 16.3 Å². The minimum absolute atomic E-state index is 0.274. The summed E-state index contributed by atoms with van der Waals surface area (Å²) in [7, 11) is 0. The number of piperazine rings is 1. The highest BCUT2D eigenvalue weighted by molar-refractivity contribution is 5.80. The lowest BCUT2D eigenvalue weighted by molar-refractivity contribution is -0.124. The highest BCUT2D eigenvalue weighted by Gasteiger charge is 2.26. The van der Waals surface area contributed by atoms with Crippen molar-refractivity contribution in [3.8, 4) is 6.07 Å². The van der Waals surface area contributed by atoms with E-state index in [-0.39, 0.29) is 11.9 Å². The van der Waals surface area contributed by atoms with Gasteiger partial charge in [0.25, 0.3) is 0 Å². The van der Waals surface area contributed by atoms with Gasteiger partial charge < -0.3 is 11.1 Å². The first-order valence-electron chi connectivity index (χ1n) is 5.94. The van der Waals surface area contributed by atoms with Crippen molar-refractivity contribution in [3.63, 3.8) is 0 Å². The van der Waals surface area contributed by atoms with Gasteiger partial charge in [-0.25, -0.2) is 0 Å². The number of primary amides is 1. The van der Waals surface area contributed by atoms with Crippen molar-refractivity contribution < 1.29 is 4.79 Å². The smallest absolute Gasteiger partial charge is 0.236 e. The van der Waals surface area contributed by atoms with Gasteiger partial charge in [-0.2, -0.15) is 5.26 Å². The lowest BCUT2D eigenvalue weighted by Gasteiger charge is -2.34. The highest BCUT2D eigenvalue weighted by Crippen LogP contribution is 2.11. The van der Waals surface area contributed by atoms with Crippen LogP contribution in [0.5, 0.6) is 0 Å². The van der Waals surface area contributed by atoms with Gasteiger partial charge in [0.05, 0.1) is 11.6 Å². The molecule has 1 fully saturated rings. The Balaban J connectivity index is 2.11. The van der Waals surface area contributed by atoms with Gasteiger partial charge in [0.2, 0.25) is 5.91 Å². The lowest BCUT2D eigenvalue weighted by atomic mass is 10.1. The maximum Gasteiger partial charge on any atom is 0.236 e. The van der Waals surface area contributed by atoms with Gasteiger partial charge in [0.15, 0.2) is 0 Å². The summed E-state index contributed by atoms with van der Waals surface area (Å²) in [6.45, 7) is 2.87. The molecule has 0 aliphatic carbocycles. The molecule has 0 radical (unpaired) electrons. The molecule has 1 aromatic carbocycles. The molecule has 5 heteroatoms. The maximum absolute atomic E-state index is 11.4. The van der Waals surface area contributed by atoms with Crippen LogP contribution in [0.4, 0.5) is 0 Å². The van der Waals surface area contributed by atoms with Gasteiger partial charge in [0.1, 0.15) is 6.04 Å². The van der Waals surface area contributed by atoms with Crippen molar-refractivity contribution in [1.29, 1.82) is 5.26 Å². The van der Waals surface area contributed by atoms with Crippen molar-refractivity contribution in [2.24, 2.45) is 5.73 Å². The molecule has 1 aromatic rings. The molecular weight excluding hydrogens is 228 g/mol. The molecule has 1 aliphatic rings. The topological polar surface area (TPSA) is 82.2 Å². The second-order valence-corrected chi connectivity index (χ2v) is 4.40. The zero-order chi connectivity index (χ0) is 13.0. The van der Waals surface area contributed by atoms with Gasteiger partial charge in [-0.3, -0.25) is 9.69 Å². The van der Waals surface area contributed by atoms with Crippen molar-refractivity contribution >= 4 is 5.91 Å². The van der Waals surface area contributed by atoms with Crippen LogP contribution in [0.15, 0.2) is 24.3 Å². The van der Waals surface area contributed by atoms with Gasteiger partial charge in [-0.15, -0.1) is 0 Å². The van der Waals surface area contributed by atoms with E-state index >= 15 is 0 Å². The van der Waals surface area contributed by atoms with Crippen molar-refractivity contribution in [2.75, 3.05) is 19.6 Å². The summed E-state index contributed by atoms with van der Waals surface area (Å²) in [6, 6.07) is 9.28. The van der Waals surface area contributed by atoms with Gasteiger partial charge in [0, 0.05) is 26.2 Å². The van der Waals surface area contributed by atoms with Crippen LogP contribution in [0.3, 0.4) is 0 Å². The third-order valence-electron chi connectivity index (χ3n) is 3.12. The predicted octanol–water partition coefficient (Wildman–Crippen LogP) is -0.183. The number of hydrogen-bond acceptors (Lipinski definition) is 4. The Kier molecular flexibility index (Phi) is 3.92. The average molecular weight is 244 g/mol. The number of carbonyl (C=O) groups is 1. The Labute approximate surface area is 106 Å². The molecule has 0 saturated carbocycles. The summed E-state index contributed by atoms with van der Waals surface area (Å²) in [6.07, 6.45) is 0. The van der Waals surface area contributed by atoms with Crippen molar-refractivity contribution in [1.82, 2.24) is 10.2 Å². The first-order valence-corrected chi connectivity index (χ1v) is 5.94. The number of carbonyl (C=O) groups excluding carboxylic acids is 1. The van der Waals surface area contributed by atoms with Crippen LogP contribution in [-0.2, 0) is 11.3 Å². The first kappa shape index (κ1) is 12.6. The second kappa shape index (κ2) is 5.63. The zero-order valence-corrected chi connectivity index (χ0v) is 10.1. The SMILES string of the molecule is N#Cc1cccc(CN2CCNCC2C(N)=O)c1. The van der Waals surface area contributed by atoms with E-state index in [4.69, 9.17) is 11.0 Å². The van der Waals surface area contributed by atoms with Crippen LogP contribution < -0.4 is 11.1 Å². The molecule has 1 atom stereocenters. The number of amides is 1.